The van der Waals surface area contributed by atoms with E-state index < -0.39 is 35.1 Å². The van der Waals surface area contributed by atoms with Crippen LogP contribution in [0.4, 0.5) is 0 Å². The van der Waals surface area contributed by atoms with E-state index in [4.69, 9.17) is 9.15 Å². The molecule has 1 aromatic carbocycles. The summed E-state index contributed by atoms with van der Waals surface area (Å²) in [6.07, 6.45) is 5.87. The Labute approximate surface area is 212 Å². The fourth-order valence-electron chi connectivity index (χ4n) is 4.09. The number of hydrogen-bond acceptors (Lipinski definition) is 7. The van der Waals surface area contributed by atoms with Gasteiger partial charge in [-0.25, -0.2) is 4.79 Å². The van der Waals surface area contributed by atoms with Crippen LogP contribution in [0.25, 0.3) is 11.0 Å². The van der Waals surface area contributed by atoms with E-state index in [1.807, 2.05) is 33.8 Å². The van der Waals surface area contributed by atoms with Crippen molar-refractivity contribution in [2.75, 3.05) is 0 Å². The molecule has 2 N–H and O–H groups in total. The Balaban J connectivity index is 2.84. The molecule has 7 heteroatoms. The van der Waals surface area contributed by atoms with Gasteiger partial charge in [-0.1, -0.05) is 44.1 Å². The van der Waals surface area contributed by atoms with Crippen molar-refractivity contribution >= 4 is 22.7 Å². The van der Waals surface area contributed by atoms with Gasteiger partial charge in [0.25, 0.3) is 0 Å². The summed E-state index contributed by atoms with van der Waals surface area (Å²) in [5, 5.41) is 22.6. The van der Waals surface area contributed by atoms with Crippen LogP contribution >= 0.6 is 0 Å². The van der Waals surface area contributed by atoms with E-state index >= 15 is 0 Å². The van der Waals surface area contributed by atoms with Crippen LogP contribution in [0.3, 0.4) is 0 Å². The van der Waals surface area contributed by atoms with Crippen LogP contribution in [-0.2, 0) is 16.0 Å². The number of allylic oxidation sites excluding steroid dienone is 4. The molecule has 0 radical (unpaired) electrons. The summed E-state index contributed by atoms with van der Waals surface area (Å²) >= 11 is 0. The standard InChI is InChI=1S/C29H38O7/c1-8-18(6)26(32)25-28(34)20(14-13-17(5)12-10-11-16(3)4)27(33)24-21(15-23(31)36-29(24)25)22(9-2)35-19(7)30/h11,13,15,18,22,33-34H,8-10,12,14H2,1-7H3/b17-13+/t18-,22+/m1/s1. The number of benzene rings is 1. The van der Waals surface area contributed by atoms with Crippen molar-refractivity contribution in [2.24, 2.45) is 5.92 Å². The average molecular weight is 499 g/mol. The maximum absolute atomic E-state index is 13.3. The van der Waals surface area contributed by atoms with Gasteiger partial charge in [-0.3, -0.25) is 9.59 Å². The second kappa shape index (κ2) is 12.6. The zero-order chi connectivity index (χ0) is 27.2. The van der Waals surface area contributed by atoms with Crippen LogP contribution in [-0.4, -0.2) is 22.0 Å². The van der Waals surface area contributed by atoms with Gasteiger partial charge >= 0.3 is 11.6 Å². The highest BCUT2D eigenvalue weighted by atomic mass is 16.5. The molecule has 0 fully saturated rings. The summed E-state index contributed by atoms with van der Waals surface area (Å²) < 4.78 is 10.8. The van der Waals surface area contributed by atoms with Crippen molar-refractivity contribution in [1.82, 2.24) is 0 Å². The first-order valence-electron chi connectivity index (χ1n) is 12.5. The minimum Gasteiger partial charge on any atom is -0.507 e. The van der Waals surface area contributed by atoms with E-state index in [0.717, 1.165) is 24.5 Å². The number of carbonyl (C=O) groups is 2. The molecule has 0 saturated heterocycles. The third-order valence-corrected chi connectivity index (χ3v) is 6.34. The van der Waals surface area contributed by atoms with E-state index in [1.54, 1.807) is 13.8 Å². The summed E-state index contributed by atoms with van der Waals surface area (Å²) in [5.41, 5.74) is 1.57. The van der Waals surface area contributed by atoms with Crippen LogP contribution in [0, 0.1) is 5.92 Å². The van der Waals surface area contributed by atoms with E-state index in [1.165, 1.54) is 12.5 Å². The lowest BCUT2D eigenvalue weighted by Crippen LogP contribution is -2.16. The number of rotatable bonds is 11. The minimum atomic E-state index is -0.842. The molecule has 0 amide bonds. The third-order valence-electron chi connectivity index (χ3n) is 6.34. The molecule has 0 bridgehead atoms. The van der Waals surface area contributed by atoms with E-state index in [2.05, 4.69) is 6.08 Å². The van der Waals surface area contributed by atoms with Crippen LogP contribution in [0.5, 0.6) is 11.5 Å². The lowest BCUT2D eigenvalue weighted by molar-refractivity contribution is -0.146. The summed E-state index contributed by atoms with van der Waals surface area (Å²) in [4.78, 5) is 37.6. The SMILES string of the molecule is CC[C@@H](C)C(=O)c1c(O)c(C/C=C(\C)CCC=C(C)C)c(O)c2c([C@H](CC)OC(C)=O)cc(=O)oc12. The Morgan fingerprint density at radius 3 is 2.28 bits per heavy atom. The van der Waals surface area contributed by atoms with Gasteiger partial charge < -0.3 is 19.4 Å². The first kappa shape index (κ1) is 28.9. The highest BCUT2D eigenvalue weighted by Crippen LogP contribution is 2.44. The predicted molar refractivity (Wildman–Crippen MR) is 141 cm³/mol. The molecule has 0 saturated carbocycles. The number of carbonyl (C=O) groups excluding carboxylic acids is 2. The van der Waals surface area contributed by atoms with Crippen molar-refractivity contribution in [2.45, 2.75) is 86.7 Å². The maximum Gasteiger partial charge on any atom is 0.336 e. The summed E-state index contributed by atoms with van der Waals surface area (Å²) in [7, 11) is 0. The number of esters is 1. The van der Waals surface area contributed by atoms with Gasteiger partial charge in [-0.05, 0) is 52.9 Å². The number of aromatic hydroxyl groups is 2. The minimum absolute atomic E-state index is 0.0951. The van der Waals surface area contributed by atoms with E-state index in [-0.39, 0.29) is 39.8 Å². The monoisotopic (exact) mass is 498 g/mol. The average Bonchev–Trinajstić information content (AvgIpc) is 2.80. The molecule has 2 atom stereocenters. The van der Waals surface area contributed by atoms with Crippen LogP contribution in [0.1, 0.15) is 102 Å². The quantitative estimate of drug-likeness (QED) is 0.154. The molecule has 2 rings (SSSR count). The molecule has 0 spiro atoms. The van der Waals surface area contributed by atoms with Crippen LogP contribution in [0.2, 0.25) is 0 Å². The first-order chi connectivity index (χ1) is 16.9. The van der Waals surface area contributed by atoms with Gasteiger partial charge in [0, 0.05) is 30.0 Å². The van der Waals surface area contributed by atoms with E-state index in [9.17, 15) is 24.6 Å². The van der Waals surface area contributed by atoms with Crippen LogP contribution in [0.15, 0.2) is 38.6 Å². The summed E-state index contributed by atoms with van der Waals surface area (Å²) in [6, 6.07) is 1.16. The molecule has 196 valence electrons. The number of Topliss-reactive ketones (excluding diaryl/α,β-unsaturated/α-hetero) is 1. The number of phenolic OH excluding ortho intramolecular Hbond substituents is 2. The molecule has 1 aromatic heterocycles. The second-order valence-corrected chi connectivity index (χ2v) is 9.53. The Morgan fingerprint density at radius 2 is 1.72 bits per heavy atom. The lowest BCUT2D eigenvalue weighted by Gasteiger charge is -2.21. The van der Waals surface area contributed by atoms with Gasteiger partial charge in [0.15, 0.2) is 11.4 Å². The molecule has 2 aromatic rings. The first-order valence-corrected chi connectivity index (χ1v) is 12.5. The van der Waals surface area contributed by atoms with Crippen molar-refractivity contribution in [3.63, 3.8) is 0 Å². The second-order valence-electron chi connectivity index (χ2n) is 9.53. The predicted octanol–water partition coefficient (Wildman–Crippen LogP) is 6.68. The number of ether oxygens (including phenoxy) is 1. The number of ketones is 1. The highest BCUT2D eigenvalue weighted by molar-refractivity contribution is 6.12. The van der Waals surface area contributed by atoms with Crippen molar-refractivity contribution in [3.8, 4) is 11.5 Å². The highest BCUT2D eigenvalue weighted by Gasteiger charge is 2.31. The molecule has 0 unspecified atom stereocenters. The number of fused-ring (bicyclic) bond motifs is 1. The smallest absolute Gasteiger partial charge is 0.336 e. The zero-order valence-corrected chi connectivity index (χ0v) is 22.4. The number of phenols is 2. The zero-order valence-electron chi connectivity index (χ0n) is 22.4. The van der Waals surface area contributed by atoms with Gasteiger partial charge in [0.05, 0.1) is 5.39 Å². The van der Waals surface area contributed by atoms with E-state index in [0.29, 0.717) is 12.8 Å². The Hall–Kier alpha value is -3.35. The normalized spacial score (nSPS) is 13.4. The molecule has 0 aliphatic rings. The van der Waals surface area contributed by atoms with Crippen LogP contribution < -0.4 is 5.63 Å². The Kier molecular flexibility index (Phi) is 10.1. The van der Waals surface area contributed by atoms with Gasteiger partial charge in [0.1, 0.15) is 23.2 Å². The van der Waals surface area contributed by atoms with Gasteiger partial charge in [-0.2, -0.15) is 0 Å². The molecule has 0 aliphatic heterocycles. The summed E-state index contributed by atoms with van der Waals surface area (Å²) in [5.74, 6) is -2.11. The summed E-state index contributed by atoms with van der Waals surface area (Å²) in [6.45, 7) is 12.6. The lowest BCUT2D eigenvalue weighted by atomic mass is 9.89. The fourth-order valence-corrected chi connectivity index (χ4v) is 4.09. The Bertz CT molecular complexity index is 1240. The molecular formula is C29H38O7. The molecule has 36 heavy (non-hydrogen) atoms. The molecule has 0 aliphatic carbocycles. The maximum atomic E-state index is 13.3. The Morgan fingerprint density at radius 1 is 1.06 bits per heavy atom. The van der Waals surface area contributed by atoms with Gasteiger partial charge in [0.2, 0.25) is 0 Å². The number of hydrogen-bond donors (Lipinski definition) is 2. The van der Waals surface area contributed by atoms with Gasteiger partial charge in [-0.15, -0.1) is 0 Å². The molecule has 1 heterocycles. The van der Waals surface area contributed by atoms with Crippen molar-refractivity contribution < 1.29 is 29.0 Å². The molecule has 7 nitrogen and oxygen atoms in total. The van der Waals surface area contributed by atoms with Crippen molar-refractivity contribution in [3.05, 3.63) is 56.5 Å². The topological polar surface area (TPSA) is 114 Å². The molecular weight excluding hydrogens is 460 g/mol. The fraction of sp³-hybridized carbons (Fsp3) is 0.483. The largest absolute Gasteiger partial charge is 0.507 e. The third kappa shape index (κ3) is 6.65. The van der Waals surface area contributed by atoms with Crippen molar-refractivity contribution in [1.29, 1.82) is 0 Å².